The zero-order valence-electron chi connectivity index (χ0n) is 9.87. The highest BCUT2D eigenvalue weighted by Crippen LogP contribution is 2.08. The lowest BCUT2D eigenvalue weighted by atomic mass is 10.3. The second-order valence-corrected chi connectivity index (χ2v) is 3.59. The molecule has 1 heterocycles. The summed E-state index contributed by atoms with van der Waals surface area (Å²) < 4.78 is 5.42. The number of nitrogens with zero attached hydrogens (tertiary/aromatic N) is 2. The summed E-state index contributed by atoms with van der Waals surface area (Å²) >= 11 is 0. The maximum Gasteiger partial charge on any atom is 0.147 e. The van der Waals surface area contributed by atoms with Crippen LogP contribution in [-0.4, -0.2) is 29.2 Å². The third-order valence-corrected chi connectivity index (χ3v) is 2.08. The van der Waals surface area contributed by atoms with E-state index in [1.165, 1.54) is 0 Å². The standard InChI is InChI=1S/C11H19N3O/c1-5-15-9(3)7-13-11-10(4)12-6-8(2)14-11/h6,9H,5,7H2,1-4H3,(H,13,14). The molecule has 1 rings (SSSR count). The van der Waals surface area contributed by atoms with Gasteiger partial charge in [0.25, 0.3) is 0 Å². The van der Waals surface area contributed by atoms with Crippen LogP contribution < -0.4 is 5.32 Å². The summed E-state index contributed by atoms with van der Waals surface area (Å²) in [5.74, 6) is 0.849. The zero-order chi connectivity index (χ0) is 11.3. The first kappa shape index (κ1) is 11.9. The number of aromatic nitrogens is 2. The number of aryl methyl sites for hydroxylation is 2. The molecule has 0 aliphatic heterocycles. The van der Waals surface area contributed by atoms with E-state index in [9.17, 15) is 0 Å². The van der Waals surface area contributed by atoms with E-state index in [2.05, 4.69) is 15.3 Å². The van der Waals surface area contributed by atoms with Crippen molar-refractivity contribution in [2.24, 2.45) is 0 Å². The first-order valence-corrected chi connectivity index (χ1v) is 5.29. The molecule has 0 fully saturated rings. The number of anilines is 1. The van der Waals surface area contributed by atoms with Crippen molar-refractivity contribution < 1.29 is 4.74 Å². The van der Waals surface area contributed by atoms with E-state index in [1.54, 1.807) is 6.20 Å². The normalized spacial score (nSPS) is 12.5. The minimum absolute atomic E-state index is 0.191. The van der Waals surface area contributed by atoms with Gasteiger partial charge in [-0.15, -0.1) is 0 Å². The minimum atomic E-state index is 0.191. The van der Waals surface area contributed by atoms with E-state index in [0.29, 0.717) is 0 Å². The highest BCUT2D eigenvalue weighted by atomic mass is 16.5. The third-order valence-electron chi connectivity index (χ3n) is 2.08. The molecule has 0 amide bonds. The summed E-state index contributed by atoms with van der Waals surface area (Å²) in [4.78, 5) is 8.61. The van der Waals surface area contributed by atoms with Crippen LogP contribution in [0.5, 0.6) is 0 Å². The topological polar surface area (TPSA) is 47.0 Å². The molecule has 0 aliphatic rings. The van der Waals surface area contributed by atoms with Gasteiger partial charge in [-0.25, -0.2) is 4.98 Å². The lowest BCUT2D eigenvalue weighted by molar-refractivity contribution is 0.0854. The van der Waals surface area contributed by atoms with Crippen molar-refractivity contribution in [2.75, 3.05) is 18.5 Å². The monoisotopic (exact) mass is 209 g/mol. The van der Waals surface area contributed by atoms with Gasteiger partial charge in [-0.1, -0.05) is 0 Å². The van der Waals surface area contributed by atoms with Crippen LogP contribution >= 0.6 is 0 Å². The van der Waals surface area contributed by atoms with Crippen molar-refractivity contribution in [3.63, 3.8) is 0 Å². The summed E-state index contributed by atoms with van der Waals surface area (Å²) in [5.41, 5.74) is 1.84. The molecule has 0 aromatic carbocycles. The van der Waals surface area contributed by atoms with Crippen molar-refractivity contribution in [3.8, 4) is 0 Å². The Bertz CT molecular complexity index is 315. The number of hydrogen-bond acceptors (Lipinski definition) is 4. The van der Waals surface area contributed by atoms with Crippen molar-refractivity contribution in [2.45, 2.75) is 33.8 Å². The summed E-state index contributed by atoms with van der Waals surface area (Å²) in [5, 5.41) is 3.24. The maximum absolute atomic E-state index is 5.42. The summed E-state index contributed by atoms with van der Waals surface area (Å²) in [6, 6.07) is 0. The average molecular weight is 209 g/mol. The van der Waals surface area contributed by atoms with Gasteiger partial charge < -0.3 is 10.1 Å². The first-order chi connectivity index (χ1) is 7.13. The Morgan fingerprint density at radius 3 is 2.87 bits per heavy atom. The highest BCUT2D eigenvalue weighted by molar-refractivity contribution is 5.39. The molecule has 1 aromatic rings. The molecule has 1 aromatic heterocycles. The molecule has 4 nitrogen and oxygen atoms in total. The van der Waals surface area contributed by atoms with Gasteiger partial charge in [0, 0.05) is 19.3 Å². The van der Waals surface area contributed by atoms with Crippen LogP contribution in [0.1, 0.15) is 25.2 Å². The quantitative estimate of drug-likeness (QED) is 0.805. The van der Waals surface area contributed by atoms with E-state index >= 15 is 0 Å². The molecule has 0 spiro atoms. The van der Waals surface area contributed by atoms with E-state index in [0.717, 1.165) is 30.4 Å². The van der Waals surface area contributed by atoms with Crippen LogP contribution in [0.4, 0.5) is 5.82 Å². The number of nitrogens with one attached hydrogen (secondary N) is 1. The Balaban J connectivity index is 2.53. The SMILES string of the molecule is CCOC(C)CNc1nc(C)cnc1C. The Morgan fingerprint density at radius 2 is 2.20 bits per heavy atom. The smallest absolute Gasteiger partial charge is 0.147 e. The molecule has 0 radical (unpaired) electrons. The molecule has 4 heteroatoms. The molecule has 0 saturated heterocycles. The molecular formula is C11H19N3O. The van der Waals surface area contributed by atoms with Crippen molar-refractivity contribution in [1.29, 1.82) is 0 Å². The van der Waals surface area contributed by atoms with Crippen LogP contribution in [0.2, 0.25) is 0 Å². The van der Waals surface area contributed by atoms with Crippen molar-refractivity contribution in [3.05, 3.63) is 17.6 Å². The third kappa shape index (κ3) is 3.83. The average Bonchev–Trinajstić information content (AvgIpc) is 2.20. The number of rotatable bonds is 5. The zero-order valence-corrected chi connectivity index (χ0v) is 9.87. The predicted molar refractivity (Wildman–Crippen MR) is 61.1 cm³/mol. The van der Waals surface area contributed by atoms with E-state index < -0.39 is 0 Å². The number of hydrogen-bond donors (Lipinski definition) is 1. The lowest BCUT2D eigenvalue weighted by Crippen LogP contribution is -2.21. The Labute approximate surface area is 91.1 Å². The Hall–Kier alpha value is -1.16. The van der Waals surface area contributed by atoms with Gasteiger partial charge in [0.05, 0.1) is 17.5 Å². The van der Waals surface area contributed by atoms with Crippen LogP contribution in [0.15, 0.2) is 6.20 Å². The van der Waals surface area contributed by atoms with Gasteiger partial charge in [-0.05, 0) is 27.7 Å². The van der Waals surface area contributed by atoms with E-state index in [1.807, 2.05) is 27.7 Å². The van der Waals surface area contributed by atoms with E-state index in [-0.39, 0.29) is 6.10 Å². The largest absolute Gasteiger partial charge is 0.377 e. The molecule has 1 N–H and O–H groups in total. The van der Waals surface area contributed by atoms with Gasteiger partial charge >= 0.3 is 0 Å². The Morgan fingerprint density at radius 1 is 1.47 bits per heavy atom. The predicted octanol–water partition coefficient (Wildman–Crippen LogP) is 1.93. The molecule has 0 bridgehead atoms. The van der Waals surface area contributed by atoms with Gasteiger partial charge in [0.2, 0.25) is 0 Å². The molecule has 84 valence electrons. The number of ether oxygens (including phenoxy) is 1. The van der Waals surface area contributed by atoms with Crippen LogP contribution in [-0.2, 0) is 4.74 Å². The summed E-state index contributed by atoms with van der Waals surface area (Å²) in [7, 11) is 0. The highest BCUT2D eigenvalue weighted by Gasteiger charge is 2.04. The Kier molecular flexibility index (Phi) is 4.49. The fourth-order valence-electron chi connectivity index (χ4n) is 1.29. The van der Waals surface area contributed by atoms with Crippen LogP contribution in [0.3, 0.4) is 0 Å². The van der Waals surface area contributed by atoms with Crippen molar-refractivity contribution >= 4 is 5.82 Å². The van der Waals surface area contributed by atoms with Gasteiger partial charge in [-0.3, -0.25) is 4.98 Å². The second kappa shape index (κ2) is 5.66. The summed E-state index contributed by atoms with van der Waals surface area (Å²) in [6.07, 6.45) is 1.96. The van der Waals surface area contributed by atoms with Gasteiger partial charge in [0.15, 0.2) is 0 Å². The second-order valence-electron chi connectivity index (χ2n) is 3.59. The van der Waals surface area contributed by atoms with Crippen molar-refractivity contribution in [1.82, 2.24) is 9.97 Å². The van der Waals surface area contributed by atoms with Gasteiger partial charge in [0.1, 0.15) is 5.82 Å². The molecular weight excluding hydrogens is 190 g/mol. The molecule has 0 aliphatic carbocycles. The van der Waals surface area contributed by atoms with Crippen LogP contribution in [0.25, 0.3) is 0 Å². The fourth-order valence-corrected chi connectivity index (χ4v) is 1.29. The molecule has 1 atom stereocenters. The minimum Gasteiger partial charge on any atom is -0.377 e. The molecule has 1 unspecified atom stereocenters. The maximum atomic E-state index is 5.42. The van der Waals surface area contributed by atoms with Crippen LogP contribution in [0, 0.1) is 13.8 Å². The molecule has 15 heavy (non-hydrogen) atoms. The fraction of sp³-hybridized carbons (Fsp3) is 0.636. The lowest BCUT2D eigenvalue weighted by Gasteiger charge is -2.14. The van der Waals surface area contributed by atoms with Gasteiger partial charge in [-0.2, -0.15) is 0 Å². The summed E-state index contributed by atoms with van der Waals surface area (Å²) in [6.45, 7) is 9.40. The molecule has 0 saturated carbocycles. The first-order valence-electron chi connectivity index (χ1n) is 5.29. The van der Waals surface area contributed by atoms with E-state index in [4.69, 9.17) is 4.74 Å².